The minimum absolute atomic E-state index is 0.103. The average Bonchev–Trinajstić information content (AvgIpc) is 2.73. The number of benzene rings is 2. The lowest BCUT2D eigenvalue weighted by molar-refractivity contribution is -0.114. The third kappa shape index (κ3) is 4.57. The summed E-state index contributed by atoms with van der Waals surface area (Å²) >= 11 is 0. The van der Waals surface area contributed by atoms with Crippen LogP contribution in [0.2, 0.25) is 0 Å². The van der Waals surface area contributed by atoms with Crippen LogP contribution in [-0.2, 0) is 9.59 Å². The quantitative estimate of drug-likeness (QED) is 0.518. The van der Waals surface area contributed by atoms with E-state index in [4.69, 9.17) is 0 Å². The second-order valence-electron chi connectivity index (χ2n) is 9.99. The monoisotopic (exact) mass is 429 g/mol. The molecule has 0 heterocycles. The molecular weight excluding hydrogens is 398 g/mol. The molecular formula is C27H31N3O2. The van der Waals surface area contributed by atoms with Crippen LogP contribution >= 0.6 is 0 Å². The predicted octanol–water partition coefficient (Wildman–Crippen LogP) is 5.68. The van der Waals surface area contributed by atoms with Gasteiger partial charge in [-0.25, -0.2) is 0 Å². The summed E-state index contributed by atoms with van der Waals surface area (Å²) < 4.78 is 0. The van der Waals surface area contributed by atoms with E-state index < -0.39 is 0 Å². The van der Waals surface area contributed by atoms with E-state index in [1.54, 1.807) is 12.2 Å². The van der Waals surface area contributed by atoms with Gasteiger partial charge in [0.05, 0.1) is 11.4 Å². The van der Waals surface area contributed by atoms with Crippen LogP contribution in [-0.4, -0.2) is 17.4 Å². The van der Waals surface area contributed by atoms with E-state index in [1.807, 2.05) is 42.5 Å². The molecule has 32 heavy (non-hydrogen) atoms. The number of carbonyl (C=O) groups is 2. The Morgan fingerprint density at radius 2 is 1.44 bits per heavy atom. The molecule has 5 nitrogen and oxygen atoms in total. The van der Waals surface area contributed by atoms with Crippen molar-refractivity contribution < 1.29 is 9.59 Å². The largest absolute Gasteiger partial charge is 0.378 e. The lowest BCUT2D eigenvalue weighted by Gasteiger charge is -2.57. The fourth-order valence-corrected chi connectivity index (χ4v) is 6.48. The molecule has 0 spiro atoms. The Labute approximate surface area is 189 Å². The third-order valence-electron chi connectivity index (χ3n) is 7.28. The van der Waals surface area contributed by atoms with Crippen molar-refractivity contribution in [2.24, 2.45) is 17.8 Å². The zero-order valence-corrected chi connectivity index (χ0v) is 18.6. The molecule has 2 aromatic carbocycles. The van der Waals surface area contributed by atoms with Gasteiger partial charge in [0.15, 0.2) is 0 Å². The summed E-state index contributed by atoms with van der Waals surface area (Å²) in [6.45, 7) is 1.48. The van der Waals surface area contributed by atoms with Crippen LogP contribution in [0.4, 0.5) is 17.1 Å². The van der Waals surface area contributed by atoms with Crippen LogP contribution in [0.1, 0.15) is 51.0 Å². The van der Waals surface area contributed by atoms with E-state index in [1.165, 1.54) is 45.4 Å². The molecule has 0 aliphatic heterocycles. The Kier molecular flexibility index (Phi) is 5.50. The van der Waals surface area contributed by atoms with Crippen molar-refractivity contribution in [2.45, 2.75) is 51.0 Å². The second-order valence-corrected chi connectivity index (χ2v) is 9.99. The van der Waals surface area contributed by atoms with Crippen molar-refractivity contribution >= 4 is 35.0 Å². The van der Waals surface area contributed by atoms with Gasteiger partial charge in [-0.2, -0.15) is 0 Å². The van der Waals surface area contributed by atoms with Crippen molar-refractivity contribution in [3.8, 4) is 0 Å². The summed E-state index contributed by atoms with van der Waals surface area (Å²) in [5, 5.41) is 9.68. The molecule has 0 unspecified atom stereocenters. The highest BCUT2D eigenvalue weighted by molar-refractivity contribution is 6.03. The highest BCUT2D eigenvalue weighted by Crippen LogP contribution is 2.56. The highest BCUT2D eigenvalue weighted by Gasteiger charge is 2.51. The van der Waals surface area contributed by atoms with Crippen molar-refractivity contribution in [3.05, 3.63) is 60.2 Å². The molecule has 4 aliphatic rings. The highest BCUT2D eigenvalue weighted by atomic mass is 16.2. The van der Waals surface area contributed by atoms with Crippen molar-refractivity contribution in [2.75, 3.05) is 16.0 Å². The van der Waals surface area contributed by atoms with Crippen molar-refractivity contribution in [3.63, 3.8) is 0 Å². The molecule has 0 atom stereocenters. The van der Waals surface area contributed by atoms with Crippen LogP contribution < -0.4 is 16.0 Å². The van der Waals surface area contributed by atoms with E-state index in [0.717, 1.165) is 40.4 Å². The summed E-state index contributed by atoms with van der Waals surface area (Å²) in [6, 6.07) is 15.4. The molecule has 4 saturated carbocycles. The summed E-state index contributed by atoms with van der Waals surface area (Å²) in [6.07, 6.45) is 11.3. The van der Waals surface area contributed by atoms with Crippen molar-refractivity contribution in [1.82, 2.24) is 0 Å². The number of amides is 2. The lowest BCUT2D eigenvalue weighted by atomic mass is 9.53. The Hall–Kier alpha value is -3.08. The molecule has 0 aromatic heterocycles. The molecule has 6 rings (SSSR count). The van der Waals surface area contributed by atoms with E-state index in [-0.39, 0.29) is 17.4 Å². The van der Waals surface area contributed by atoms with Crippen LogP contribution in [0.15, 0.2) is 54.6 Å². The fraction of sp³-hybridized carbons (Fsp3) is 0.407. The summed E-state index contributed by atoms with van der Waals surface area (Å²) in [5.41, 5.74) is 3.69. The topological polar surface area (TPSA) is 70.2 Å². The molecule has 166 valence electrons. The number of hydrogen-bond acceptors (Lipinski definition) is 3. The van der Waals surface area contributed by atoms with Gasteiger partial charge in [-0.3, -0.25) is 9.59 Å². The fourth-order valence-electron chi connectivity index (χ4n) is 6.48. The molecule has 5 heteroatoms. The SMILES string of the molecule is CC(=O)Nc1ccc(C=CC(=O)Nc2ccccc2NC23CC4CC(CC(C4)C2)C3)cc1. The van der Waals surface area contributed by atoms with Gasteiger partial charge in [0.1, 0.15) is 0 Å². The van der Waals surface area contributed by atoms with Gasteiger partial charge in [-0.1, -0.05) is 24.3 Å². The summed E-state index contributed by atoms with van der Waals surface area (Å²) in [7, 11) is 0. The molecule has 4 aliphatic carbocycles. The smallest absolute Gasteiger partial charge is 0.248 e. The normalized spacial score (nSPS) is 28.0. The summed E-state index contributed by atoms with van der Waals surface area (Å²) in [4.78, 5) is 23.8. The first-order valence-corrected chi connectivity index (χ1v) is 11.7. The van der Waals surface area contributed by atoms with Gasteiger partial charge < -0.3 is 16.0 Å². The molecule has 3 N–H and O–H groups in total. The van der Waals surface area contributed by atoms with Gasteiger partial charge >= 0.3 is 0 Å². The molecule has 0 saturated heterocycles. The van der Waals surface area contributed by atoms with Gasteiger partial charge in [0.2, 0.25) is 11.8 Å². The van der Waals surface area contributed by atoms with E-state index >= 15 is 0 Å². The zero-order chi connectivity index (χ0) is 22.1. The van der Waals surface area contributed by atoms with E-state index in [2.05, 4.69) is 22.0 Å². The molecule has 4 bridgehead atoms. The Morgan fingerprint density at radius 1 is 0.844 bits per heavy atom. The van der Waals surface area contributed by atoms with Gasteiger partial charge in [-0.05, 0) is 92.2 Å². The first-order valence-electron chi connectivity index (χ1n) is 11.7. The van der Waals surface area contributed by atoms with E-state index in [9.17, 15) is 9.59 Å². The predicted molar refractivity (Wildman–Crippen MR) is 129 cm³/mol. The maximum Gasteiger partial charge on any atom is 0.248 e. The molecule has 2 amide bonds. The van der Waals surface area contributed by atoms with Gasteiger partial charge in [0.25, 0.3) is 0 Å². The minimum atomic E-state index is -0.157. The van der Waals surface area contributed by atoms with Gasteiger partial charge in [-0.15, -0.1) is 0 Å². The number of hydrogen-bond donors (Lipinski definition) is 3. The number of nitrogens with one attached hydrogen (secondary N) is 3. The molecule has 4 fully saturated rings. The van der Waals surface area contributed by atoms with Crippen LogP contribution in [0.3, 0.4) is 0 Å². The maximum absolute atomic E-state index is 12.6. The van der Waals surface area contributed by atoms with Crippen LogP contribution in [0, 0.1) is 17.8 Å². The van der Waals surface area contributed by atoms with Crippen LogP contribution in [0.25, 0.3) is 6.08 Å². The van der Waals surface area contributed by atoms with Crippen molar-refractivity contribution in [1.29, 1.82) is 0 Å². The summed E-state index contributed by atoms with van der Waals surface area (Å²) in [5.74, 6) is 2.35. The lowest BCUT2D eigenvalue weighted by Crippen LogP contribution is -2.54. The first kappa shape index (κ1) is 20.8. The number of anilines is 3. The minimum Gasteiger partial charge on any atom is -0.378 e. The third-order valence-corrected chi connectivity index (χ3v) is 7.28. The number of para-hydroxylation sites is 2. The molecule has 0 radical (unpaired) electrons. The molecule has 2 aromatic rings. The number of rotatable bonds is 6. The zero-order valence-electron chi connectivity index (χ0n) is 18.6. The Morgan fingerprint density at radius 3 is 2.03 bits per heavy atom. The standard InChI is InChI=1S/C27H31N3O2/c1-18(31)28-23-9-6-19(7-10-23)8-11-26(32)29-24-4-2-3-5-25(24)30-27-15-20-12-21(16-27)14-22(13-20)17-27/h2-11,20-22,30H,12-17H2,1H3,(H,28,31)(H,29,32). The number of carbonyl (C=O) groups excluding carboxylic acids is 2. The Bertz CT molecular complexity index is 1010. The van der Waals surface area contributed by atoms with Crippen LogP contribution in [0.5, 0.6) is 0 Å². The van der Waals surface area contributed by atoms with Gasteiger partial charge in [0, 0.05) is 24.2 Å². The Balaban J connectivity index is 1.25. The van der Waals surface area contributed by atoms with E-state index in [0.29, 0.717) is 0 Å². The first-order chi connectivity index (χ1) is 15.5. The second kappa shape index (κ2) is 8.45. The average molecular weight is 430 g/mol. The maximum atomic E-state index is 12.6.